The van der Waals surface area contributed by atoms with Crippen LogP contribution in [0.15, 0.2) is 24.5 Å². The number of hydrogen-bond acceptors (Lipinski definition) is 4. The number of ether oxygens (including phenoxy) is 2. The van der Waals surface area contributed by atoms with Crippen molar-refractivity contribution in [3.63, 3.8) is 0 Å². The molecular weight excluding hydrogens is 362 g/mol. The van der Waals surface area contributed by atoms with Crippen molar-refractivity contribution >= 4 is 11.6 Å². The normalized spacial score (nSPS) is 27.0. The highest BCUT2D eigenvalue weighted by Gasteiger charge is 2.46. The molecule has 0 radical (unpaired) electrons. The maximum atomic E-state index is 6.44. The molecule has 1 spiro atoms. The average molecular weight is 388 g/mol. The summed E-state index contributed by atoms with van der Waals surface area (Å²) in [5.41, 5.74) is 3.81. The zero-order chi connectivity index (χ0) is 18.4. The van der Waals surface area contributed by atoms with E-state index in [9.17, 15) is 0 Å². The number of halogens is 1. The Kier molecular flexibility index (Phi) is 4.42. The molecular formula is C21H26ClN3O2. The van der Waals surface area contributed by atoms with Crippen molar-refractivity contribution in [2.45, 2.75) is 38.8 Å². The molecule has 4 heterocycles. The third-order valence-corrected chi connectivity index (χ3v) is 6.89. The van der Waals surface area contributed by atoms with Gasteiger partial charge in [-0.3, -0.25) is 4.90 Å². The molecule has 2 aromatic rings. The van der Waals surface area contributed by atoms with Gasteiger partial charge in [0.1, 0.15) is 5.75 Å². The van der Waals surface area contributed by atoms with E-state index in [1.165, 1.54) is 25.0 Å². The predicted octanol–water partition coefficient (Wildman–Crippen LogP) is 4.12. The highest BCUT2D eigenvalue weighted by Crippen LogP contribution is 2.51. The summed E-state index contributed by atoms with van der Waals surface area (Å²) < 4.78 is 12.5. The topological polar surface area (TPSA) is 50.4 Å². The Bertz CT molecular complexity index is 829. The molecule has 0 unspecified atom stereocenters. The van der Waals surface area contributed by atoms with Crippen LogP contribution in [0.25, 0.3) is 0 Å². The fraction of sp³-hybridized carbons (Fsp3) is 0.571. The number of aromatic nitrogens is 2. The number of aromatic amines is 1. The number of fused-ring (bicyclic) bond motifs is 3. The zero-order valence-corrected chi connectivity index (χ0v) is 16.5. The summed E-state index contributed by atoms with van der Waals surface area (Å²) in [6, 6.07) is 5.92. The molecule has 6 heteroatoms. The number of benzene rings is 1. The van der Waals surface area contributed by atoms with E-state index in [1.807, 2.05) is 12.1 Å². The second kappa shape index (κ2) is 6.80. The van der Waals surface area contributed by atoms with Crippen LogP contribution in [0.1, 0.15) is 42.3 Å². The van der Waals surface area contributed by atoms with Gasteiger partial charge >= 0.3 is 0 Å². The lowest BCUT2D eigenvalue weighted by molar-refractivity contribution is -0.136. The van der Waals surface area contributed by atoms with Crippen molar-refractivity contribution in [2.75, 3.05) is 26.3 Å². The van der Waals surface area contributed by atoms with Gasteiger partial charge in [0.15, 0.2) is 0 Å². The van der Waals surface area contributed by atoms with E-state index in [0.717, 1.165) is 54.9 Å². The third-order valence-electron chi connectivity index (χ3n) is 6.66. The van der Waals surface area contributed by atoms with Crippen LogP contribution >= 0.6 is 11.6 Å². The van der Waals surface area contributed by atoms with Crippen LogP contribution in [-0.4, -0.2) is 41.2 Å². The summed E-state index contributed by atoms with van der Waals surface area (Å²) in [5.74, 6) is 1.33. The Balaban J connectivity index is 1.24. The minimum absolute atomic E-state index is 0.155. The van der Waals surface area contributed by atoms with Gasteiger partial charge < -0.3 is 14.5 Å². The Hall–Kier alpha value is -1.56. The van der Waals surface area contributed by atoms with Gasteiger partial charge in [-0.2, -0.15) is 0 Å². The number of likely N-dealkylation sites (tertiary alicyclic amines) is 1. The monoisotopic (exact) mass is 387 g/mol. The van der Waals surface area contributed by atoms with Crippen molar-refractivity contribution in [3.05, 3.63) is 46.5 Å². The second-order valence-corrected chi connectivity index (χ2v) is 8.87. The smallest absolute Gasteiger partial charge is 0.126 e. The first-order valence-corrected chi connectivity index (χ1v) is 10.2. The Morgan fingerprint density at radius 2 is 2.19 bits per heavy atom. The molecule has 1 aromatic heterocycles. The van der Waals surface area contributed by atoms with Gasteiger partial charge in [-0.1, -0.05) is 17.7 Å². The second-order valence-electron chi connectivity index (χ2n) is 8.43. The molecule has 2 fully saturated rings. The molecule has 2 saturated heterocycles. The molecule has 5 nitrogen and oxygen atoms in total. The molecule has 1 N–H and O–H groups in total. The lowest BCUT2D eigenvalue weighted by Gasteiger charge is -2.50. The Labute approximate surface area is 165 Å². The van der Waals surface area contributed by atoms with Crippen LogP contribution in [0, 0.1) is 18.3 Å². The first-order valence-electron chi connectivity index (χ1n) is 9.87. The molecule has 5 rings (SSSR count). The van der Waals surface area contributed by atoms with E-state index in [2.05, 4.69) is 27.9 Å². The Morgan fingerprint density at radius 3 is 2.96 bits per heavy atom. The molecule has 3 aliphatic rings. The van der Waals surface area contributed by atoms with Gasteiger partial charge in [-0.15, -0.1) is 0 Å². The third kappa shape index (κ3) is 3.26. The summed E-state index contributed by atoms with van der Waals surface area (Å²) >= 11 is 6.11. The summed E-state index contributed by atoms with van der Waals surface area (Å²) in [6.45, 7) is 6.86. The van der Waals surface area contributed by atoms with Crippen LogP contribution in [0.5, 0.6) is 5.75 Å². The quantitative estimate of drug-likeness (QED) is 0.841. The number of rotatable bonds is 2. The van der Waals surface area contributed by atoms with Gasteiger partial charge in [-0.05, 0) is 56.8 Å². The fourth-order valence-electron chi connectivity index (χ4n) is 4.99. The molecule has 2 atom stereocenters. The summed E-state index contributed by atoms with van der Waals surface area (Å²) in [4.78, 5) is 10.1. The van der Waals surface area contributed by atoms with Gasteiger partial charge in [0.2, 0.25) is 0 Å². The van der Waals surface area contributed by atoms with Crippen LogP contribution < -0.4 is 4.74 Å². The lowest BCUT2D eigenvalue weighted by Crippen LogP contribution is -2.48. The van der Waals surface area contributed by atoms with Crippen molar-refractivity contribution in [3.8, 4) is 5.75 Å². The van der Waals surface area contributed by atoms with Crippen molar-refractivity contribution in [2.24, 2.45) is 11.3 Å². The zero-order valence-electron chi connectivity index (χ0n) is 15.7. The number of hydrogen-bond donors (Lipinski definition) is 1. The molecule has 27 heavy (non-hydrogen) atoms. The van der Waals surface area contributed by atoms with E-state index in [-0.39, 0.29) is 6.10 Å². The number of H-pyrrole nitrogens is 1. The molecule has 0 saturated carbocycles. The minimum Gasteiger partial charge on any atom is -0.493 e. The SMILES string of the molecule is Cc1nc[nH]c1CN1CCC2(CC1)CO[C@H]1c3ccc(Cl)cc3OC[C@@H]1C2. The lowest BCUT2D eigenvalue weighted by atomic mass is 9.69. The Morgan fingerprint density at radius 1 is 1.33 bits per heavy atom. The molecule has 3 aliphatic heterocycles. The number of nitrogens with one attached hydrogen (secondary N) is 1. The maximum absolute atomic E-state index is 6.44. The van der Waals surface area contributed by atoms with Gasteiger partial charge in [0.25, 0.3) is 0 Å². The fourth-order valence-corrected chi connectivity index (χ4v) is 5.15. The van der Waals surface area contributed by atoms with Crippen LogP contribution in [0.2, 0.25) is 5.02 Å². The predicted molar refractivity (Wildman–Crippen MR) is 104 cm³/mol. The van der Waals surface area contributed by atoms with Gasteiger partial charge in [0.05, 0.1) is 37.0 Å². The van der Waals surface area contributed by atoms with E-state index in [4.69, 9.17) is 21.1 Å². The van der Waals surface area contributed by atoms with Crippen LogP contribution in [0.3, 0.4) is 0 Å². The van der Waals surface area contributed by atoms with Crippen molar-refractivity contribution in [1.82, 2.24) is 14.9 Å². The number of nitrogens with zero attached hydrogens (tertiary/aromatic N) is 2. The number of imidazole rings is 1. The first kappa shape index (κ1) is 17.5. The van der Waals surface area contributed by atoms with Crippen molar-refractivity contribution < 1.29 is 9.47 Å². The average Bonchev–Trinajstić information content (AvgIpc) is 3.08. The minimum atomic E-state index is 0.155. The van der Waals surface area contributed by atoms with Crippen LogP contribution in [-0.2, 0) is 11.3 Å². The maximum Gasteiger partial charge on any atom is 0.126 e. The molecule has 144 valence electrons. The first-order chi connectivity index (χ1) is 13.1. The number of piperidine rings is 1. The summed E-state index contributed by atoms with van der Waals surface area (Å²) in [6.07, 6.45) is 5.52. The van der Waals surface area contributed by atoms with E-state index >= 15 is 0 Å². The highest BCUT2D eigenvalue weighted by atomic mass is 35.5. The largest absolute Gasteiger partial charge is 0.493 e. The van der Waals surface area contributed by atoms with E-state index < -0.39 is 0 Å². The van der Waals surface area contributed by atoms with E-state index in [1.54, 1.807) is 6.33 Å². The van der Waals surface area contributed by atoms with Gasteiger partial charge in [0, 0.05) is 23.0 Å². The van der Waals surface area contributed by atoms with Crippen LogP contribution in [0.4, 0.5) is 0 Å². The van der Waals surface area contributed by atoms with Crippen molar-refractivity contribution in [1.29, 1.82) is 0 Å². The standard InChI is InChI=1S/C21H26ClN3O2/c1-14-18(24-13-23-14)10-25-6-4-21(5-7-25)9-15-11-26-19-8-16(22)2-3-17(19)20(15)27-12-21/h2-3,8,13,15,20H,4-7,9-12H2,1H3,(H,23,24)/t15-,20+/m0/s1. The molecule has 0 amide bonds. The molecule has 1 aromatic carbocycles. The van der Waals surface area contributed by atoms with E-state index in [0.29, 0.717) is 11.3 Å². The number of aryl methyl sites for hydroxylation is 1. The summed E-state index contributed by atoms with van der Waals surface area (Å²) in [5, 5.41) is 0.722. The molecule has 0 bridgehead atoms. The summed E-state index contributed by atoms with van der Waals surface area (Å²) in [7, 11) is 0. The molecule has 0 aliphatic carbocycles. The van der Waals surface area contributed by atoms with Gasteiger partial charge in [-0.25, -0.2) is 4.98 Å². The highest BCUT2D eigenvalue weighted by molar-refractivity contribution is 6.30.